The van der Waals surface area contributed by atoms with Crippen molar-refractivity contribution >= 4 is 0 Å². The molecule has 2 rings (SSSR count). The van der Waals surface area contributed by atoms with Gasteiger partial charge in [0.2, 0.25) is 0 Å². The summed E-state index contributed by atoms with van der Waals surface area (Å²) in [4.78, 5) is 0. The van der Waals surface area contributed by atoms with Gasteiger partial charge in [0.25, 0.3) is 0 Å². The van der Waals surface area contributed by atoms with Gasteiger partial charge in [-0.1, -0.05) is 6.92 Å². The first-order chi connectivity index (χ1) is 5.23. The van der Waals surface area contributed by atoms with Crippen molar-refractivity contribution in [1.82, 2.24) is 5.32 Å². The highest BCUT2D eigenvalue weighted by atomic mass is 14.9. The molecule has 2 aliphatic rings. The average Bonchev–Trinajstić information content (AvgIpc) is 2.64. The molecule has 0 bridgehead atoms. The molecule has 1 saturated heterocycles. The van der Waals surface area contributed by atoms with Crippen LogP contribution in [0.5, 0.6) is 0 Å². The van der Waals surface area contributed by atoms with Gasteiger partial charge in [-0.3, -0.25) is 0 Å². The number of rotatable bonds is 1. The van der Waals surface area contributed by atoms with E-state index in [1.807, 2.05) is 0 Å². The van der Waals surface area contributed by atoms with Crippen LogP contribution in [0.15, 0.2) is 0 Å². The lowest BCUT2D eigenvalue weighted by molar-refractivity contribution is 0.292. The summed E-state index contributed by atoms with van der Waals surface area (Å²) in [5, 5.41) is 3.37. The highest BCUT2D eigenvalue weighted by Crippen LogP contribution is 2.48. The zero-order valence-corrected chi connectivity index (χ0v) is 7.27. The van der Waals surface area contributed by atoms with Gasteiger partial charge in [-0.15, -0.1) is 0 Å². The Balaban J connectivity index is 1.94. The van der Waals surface area contributed by atoms with Gasteiger partial charge >= 0.3 is 0 Å². The second-order valence-corrected chi connectivity index (χ2v) is 4.24. The molecule has 2 atom stereocenters. The van der Waals surface area contributed by atoms with Crippen LogP contribution in [0.2, 0.25) is 0 Å². The lowest BCUT2D eigenvalue weighted by Crippen LogP contribution is -2.41. The lowest BCUT2D eigenvalue weighted by Gasteiger charge is -2.28. The highest BCUT2D eigenvalue weighted by molar-refractivity contribution is 5.10. The molecular weight excluding hydrogens is 136 g/mol. The van der Waals surface area contributed by atoms with Gasteiger partial charge in [-0.05, 0) is 44.2 Å². The monoisotopic (exact) mass is 154 g/mol. The van der Waals surface area contributed by atoms with E-state index in [2.05, 4.69) is 12.2 Å². The molecule has 0 aromatic heterocycles. The molecule has 1 saturated carbocycles. The molecule has 1 heterocycles. The molecule has 0 amide bonds. The SMILES string of the molecule is CC1CC1(N)C1CCNCC1. The van der Waals surface area contributed by atoms with E-state index in [0.29, 0.717) is 0 Å². The minimum atomic E-state index is 0.238. The Labute approximate surface area is 68.5 Å². The van der Waals surface area contributed by atoms with Gasteiger partial charge in [0.05, 0.1) is 0 Å². The summed E-state index contributed by atoms with van der Waals surface area (Å²) in [5.74, 6) is 1.59. The van der Waals surface area contributed by atoms with Crippen LogP contribution >= 0.6 is 0 Å². The van der Waals surface area contributed by atoms with E-state index in [0.717, 1.165) is 11.8 Å². The van der Waals surface area contributed by atoms with E-state index in [-0.39, 0.29) is 5.54 Å². The van der Waals surface area contributed by atoms with Gasteiger partial charge in [0, 0.05) is 5.54 Å². The fraction of sp³-hybridized carbons (Fsp3) is 1.00. The van der Waals surface area contributed by atoms with Gasteiger partial charge in [0.1, 0.15) is 0 Å². The van der Waals surface area contributed by atoms with Gasteiger partial charge in [-0.25, -0.2) is 0 Å². The lowest BCUT2D eigenvalue weighted by atomic mass is 9.87. The van der Waals surface area contributed by atoms with E-state index in [1.54, 1.807) is 0 Å². The van der Waals surface area contributed by atoms with E-state index < -0.39 is 0 Å². The maximum Gasteiger partial charge on any atom is 0.0213 e. The maximum atomic E-state index is 6.24. The average molecular weight is 154 g/mol. The zero-order chi connectivity index (χ0) is 7.90. The molecule has 2 unspecified atom stereocenters. The second-order valence-electron chi connectivity index (χ2n) is 4.24. The van der Waals surface area contributed by atoms with Crippen LogP contribution in [0.1, 0.15) is 26.2 Å². The quantitative estimate of drug-likeness (QED) is 0.584. The first kappa shape index (κ1) is 7.56. The van der Waals surface area contributed by atoms with Crippen LogP contribution in [0.3, 0.4) is 0 Å². The van der Waals surface area contributed by atoms with Crippen molar-refractivity contribution in [2.75, 3.05) is 13.1 Å². The minimum absolute atomic E-state index is 0.238. The Kier molecular flexibility index (Phi) is 1.69. The van der Waals surface area contributed by atoms with Crippen molar-refractivity contribution in [3.8, 4) is 0 Å². The third-order valence-corrected chi connectivity index (χ3v) is 3.52. The Hall–Kier alpha value is -0.0800. The molecule has 64 valence electrons. The van der Waals surface area contributed by atoms with E-state index >= 15 is 0 Å². The van der Waals surface area contributed by atoms with Crippen LogP contribution in [0, 0.1) is 11.8 Å². The van der Waals surface area contributed by atoms with Crippen molar-refractivity contribution in [2.24, 2.45) is 17.6 Å². The second kappa shape index (κ2) is 2.46. The third kappa shape index (κ3) is 1.18. The number of hydrogen-bond donors (Lipinski definition) is 2. The van der Waals surface area contributed by atoms with Gasteiger partial charge < -0.3 is 11.1 Å². The molecule has 2 nitrogen and oxygen atoms in total. The zero-order valence-electron chi connectivity index (χ0n) is 7.27. The molecule has 0 aromatic carbocycles. The summed E-state index contributed by atoms with van der Waals surface area (Å²) < 4.78 is 0. The van der Waals surface area contributed by atoms with Crippen LogP contribution in [0.4, 0.5) is 0 Å². The standard InChI is InChI=1S/C9H18N2/c1-7-6-9(7,10)8-2-4-11-5-3-8/h7-8,11H,2-6,10H2,1H3. The largest absolute Gasteiger partial charge is 0.325 e. The predicted molar refractivity (Wildman–Crippen MR) is 46.3 cm³/mol. The van der Waals surface area contributed by atoms with Crippen molar-refractivity contribution < 1.29 is 0 Å². The molecule has 2 heteroatoms. The fourth-order valence-electron chi connectivity index (χ4n) is 2.40. The molecule has 0 spiro atoms. The summed E-state index contributed by atoms with van der Waals surface area (Å²) >= 11 is 0. The van der Waals surface area contributed by atoms with E-state index in [4.69, 9.17) is 5.73 Å². The number of nitrogens with two attached hydrogens (primary N) is 1. The summed E-state index contributed by atoms with van der Waals surface area (Å²) in [7, 11) is 0. The highest BCUT2D eigenvalue weighted by Gasteiger charge is 2.52. The Morgan fingerprint density at radius 3 is 2.36 bits per heavy atom. The molecular formula is C9H18N2. The maximum absolute atomic E-state index is 6.24. The first-order valence-corrected chi connectivity index (χ1v) is 4.73. The van der Waals surface area contributed by atoms with Crippen molar-refractivity contribution in [2.45, 2.75) is 31.7 Å². The third-order valence-electron chi connectivity index (χ3n) is 3.52. The van der Waals surface area contributed by atoms with E-state index in [9.17, 15) is 0 Å². The van der Waals surface area contributed by atoms with Crippen molar-refractivity contribution in [3.63, 3.8) is 0 Å². The van der Waals surface area contributed by atoms with Gasteiger partial charge in [0.15, 0.2) is 0 Å². The van der Waals surface area contributed by atoms with Gasteiger partial charge in [-0.2, -0.15) is 0 Å². The number of piperidine rings is 1. The normalized spacial score (nSPS) is 45.8. The molecule has 0 aromatic rings. The van der Waals surface area contributed by atoms with Crippen molar-refractivity contribution in [1.29, 1.82) is 0 Å². The smallest absolute Gasteiger partial charge is 0.0213 e. The molecule has 1 aliphatic heterocycles. The van der Waals surface area contributed by atoms with Crippen LogP contribution in [-0.2, 0) is 0 Å². The van der Waals surface area contributed by atoms with E-state index in [1.165, 1.54) is 32.4 Å². The molecule has 11 heavy (non-hydrogen) atoms. The minimum Gasteiger partial charge on any atom is -0.325 e. The molecule has 0 radical (unpaired) electrons. The Morgan fingerprint density at radius 2 is 1.91 bits per heavy atom. The van der Waals surface area contributed by atoms with Crippen LogP contribution in [0.25, 0.3) is 0 Å². The summed E-state index contributed by atoms with van der Waals surface area (Å²) in [6.07, 6.45) is 3.85. The van der Waals surface area contributed by atoms with Crippen LogP contribution in [-0.4, -0.2) is 18.6 Å². The van der Waals surface area contributed by atoms with Crippen LogP contribution < -0.4 is 11.1 Å². The summed E-state index contributed by atoms with van der Waals surface area (Å²) in [6, 6.07) is 0. The number of nitrogens with one attached hydrogen (secondary N) is 1. The first-order valence-electron chi connectivity index (χ1n) is 4.73. The molecule has 2 fully saturated rings. The number of hydrogen-bond acceptors (Lipinski definition) is 2. The topological polar surface area (TPSA) is 38.0 Å². The summed E-state index contributed by atoms with van der Waals surface area (Å²) in [6.45, 7) is 4.63. The molecule has 1 aliphatic carbocycles. The fourth-order valence-corrected chi connectivity index (χ4v) is 2.40. The molecule has 3 N–H and O–H groups in total. The predicted octanol–water partition coefficient (Wildman–Crippen LogP) is 0.723. The Morgan fingerprint density at radius 1 is 1.36 bits per heavy atom. The van der Waals surface area contributed by atoms with Crippen molar-refractivity contribution in [3.05, 3.63) is 0 Å². The Bertz CT molecular complexity index is 152. The summed E-state index contributed by atoms with van der Waals surface area (Å²) in [5.41, 5.74) is 6.48.